The van der Waals surface area contributed by atoms with E-state index < -0.39 is 0 Å². The summed E-state index contributed by atoms with van der Waals surface area (Å²) >= 11 is 0. The van der Waals surface area contributed by atoms with Gasteiger partial charge in [0.2, 0.25) is 0 Å². The second kappa shape index (κ2) is 5.32. The minimum Gasteiger partial charge on any atom is -0.496 e. The second-order valence-corrected chi connectivity index (χ2v) is 4.56. The smallest absolute Gasteiger partial charge is 0.344 e. The Hall–Kier alpha value is -2.75. The zero-order chi connectivity index (χ0) is 14.8. The van der Waals surface area contributed by atoms with E-state index >= 15 is 0 Å². The van der Waals surface area contributed by atoms with Crippen molar-refractivity contribution in [2.24, 2.45) is 0 Å². The molecule has 1 heterocycles. The minimum atomic E-state index is -0.389. The summed E-state index contributed by atoms with van der Waals surface area (Å²) in [5.41, 5.74) is 2.07. The third-order valence-electron chi connectivity index (χ3n) is 3.30. The van der Waals surface area contributed by atoms with Gasteiger partial charge in [-0.2, -0.15) is 0 Å². The van der Waals surface area contributed by atoms with E-state index in [0.29, 0.717) is 28.4 Å². The molecule has 0 N–H and O–H groups in total. The Balaban J connectivity index is 2.15. The van der Waals surface area contributed by atoms with Crippen molar-refractivity contribution in [3.8, 4) is 17.2 Å². The Morgan fingerprint density at radius 3 is 2.48 bits per heavy atom. The number of hydrogen-bond acceptors (Lipinski definition) is 4. The van der Waals surface area contributed by atoms with Crippen LogP contribution in [0.5, 0.6) is 17.2 Å². The molecule has 0 amide bonds. The van der Waals surface area contributed by atoms with Crippen molar-refractivity contribution in [3.05, 3.63) is 53.6 Å². The predicted molar refractivity (Wildman–Crippen MR) is 79.5 cm³/mol. The fourth-order valence-corrected chi connectivity index (χ4v) is 2.29. The Morgan fingerprint density at radius 2 is 1.81 bits per heavy atom. The molecule has 0 aromatic heterocycles. The van der Waals surface area contributed by atoms with Gasteiger partial charge in [-0.3, -0.25) is 0 Å². The number of ether oxygens (including phenoxy) is 3. The maximum absolute atomic E-state index is 12.1. The zero-order valence-electron chi connectivity index (χ0n) is 11.8. The average Bonchev–Trinajstić information content (AvgIpc) is 2.83. The van der Waals surface area contributed by atoms with Crippen molar-refractivity contribution in [2.75, 3.05) is 14.2 Å². The third-order valence-corrected chi connectivity index (χ3v) is 3.30. The SMILES string of the molecule is COc1cc(OC)c2c(c1)OC(=O)/C2=C/c1ccccc1. The van der Waals surface area contributed by atoms with Crippen LogP contribution in [-0.4, -0.2) is 20.2 Å². The van der Waals surface area contributed by atoms with Crippen LogP contribution in [0.4, 0.5) is 0 Å². The van der Waals surface area contributed by atoms with Crippen molar-refractivity contribution < 1.29 is 19.0 Å². The van der Waals surface area contributed by atoms with Gasteiger partial charge in [0.25, 0.3) is 0 Å². The highest BCUT2D eigenvalue weighted by Gasteiger charge is 2.31. The molecule has 106 valence electrons. The number of carbonyl (C=O) groups is 1. The van der Waals surface area contributed by atoms with Crippen LogP contribution in [-0.2, 0) is 4.79 Å². The van der Waals surface area contributed by atoms with Crippen LogP contribution in [0.25, 0.3) is 11.6 Å². The molecule has 2 aromatic rings. The molecule has 2 aromatic carbocycles. The van der Waals surface area contributed by atoms with Gasteiger partial charge in [-0.1, -0.05) is 30.3 Å². The molecule has 0 radical (unpaired) electrons. The highest BCUT2D eigenvalue weighted by atomic mass is 16.5. The molecule has 1 aliphatic heterocycles. The van der Waals surface area contributed by atoms with Crippen LogP contribution in [0.15, 0.2) is 42.5 Å². The monoisotopic (exact) mass is 282 g/mol. The molecule has 0 fully saturated rings. The molecule has 0 spiro atoms. The molecule has 4 nitrogen and oxygen atoms in total. The molecule has 21 heavy (non-hydrogen) atoms. The van der Waals surface area contributed by atoms with E-state index in [-0.39, 0.29) is 5.97 Å². The fourth-order valence-electron chi connectivity index (χ4n) is 2.29. The van der Waals surface area contributed by atoms with Crippen LogP contribution in [0, 0.1) is 0 Å². The molecular weight excluding hydrogens is 268 g/mol. The summed E-state index contributed by atoms with van der Waals surface area (Å²) in [5, 5.41) is 0. The summed E-state index contributed by atoms with van der Waals surface area (Å²) < 4.78 is 15.9. The second-order valence-electron chi connectivity index (χ2n) is 4.56. The van der Waals surface area contributed by atoms with Crippen LogP contribution in [0.3, 0.4) is 0 Å². The summed E-state index contributed by atoms with van der Waals surface area (Å²) in [4.78, 5) is 12.1. The quantitative estimate of drug-likeness (QED) is 0.493. The number of fused-ring (bicyclic) bond motifs is 1. The number of hydrogen-bond donors (Lipinski definition) is 0. The molecule has 0 unspecified atom stereocenters. The normalized spacial score (nSPS) is 14.8. The third kappa shape index (κ3) is 2.36. The summed E-state index contributed by atoms with van der Waals surface area (Å²) in [6, 6.07) is 13.0. The maximum Gasteiger partial charge on any atom is 0.344 e. The lowest BCUT2D eigenvalue weighted by atomic mass is 10.0. The topological polar surface area (TPSA) is 44.8 Å². The average molecular weight is 282 g/mol. The highest BCUT2D eigenvalue weighted by Crippen LogP contribution is 2.44. The van der Waals surface area contributed by atoms with Crippen molar-refractivity contribution in [1.82, 2.24) is 0 Å². The Labute approximate surface area is 122 Å². The summed E-state index contributed by atoms with van der Waals surface area (Å²) in [7, 11) is 3.11. The number of rotatable bonds is 3. The van der Waals surface area contributed by atoms with E-state index in [4.69, 9.17) is 14.2 Å². The van der Waals surface area contributed by atoms with E-state index in [2.05, 4.69) is 0 Å². The van der Waals surface area contributed by atoms with Gasteiger partial charge in [-0.05, 0) is 11.6 Å². The first-order chi connectivity index (χ1) is 10.2. The number of esters is 1. The number of benzene rings is 2. The van der Waals surface area contributed by atoms with Gasteiger partial charge >= 0.3 is 5.97 Å². The number of methoxy groups -OCH3 is 2. The van der Waals surface area contributed by atoms with E-state index in [1.807, 2.05) is 30.3 Å². The van der Waals surface area contributed by atoms with Gasteiger partial charge in [0.15, 0.2) is 0 Å². The lowest BCUT2D eigenvalue weighted by molar-refractivity contribution is -0.126. The van der Waals surface area contributed by atoms with E-state index in [9.17, 15) is 4.79 Å². The Bertz CT molecular complexity index is 717. The van der Waals surface area contributed by atoms with Gasteiger partial charge in [-0.15, -0.1) is 0 Å². The minimum absolute atomic E-state index is 0.389. The molecule has 4 heteroatoms. The Morgan fingerprint density at radius 1 is 1.05 bits per heavy atom. The molecule has 0 atom stereocenters. The maximum atomic E-state index is 12.1. The van der Waals surface area contributed by atoms with E-state index in [1.54, 1.807) is 32.4 Å². The first-order valence-corrected chi connectivity index (χ1v) is 6.48. The predicted octanol–water partition coefficient (Wildman–Crippen LogP) is 3.16. The first-order valence-electron chi connectivity index (χ1n) is 6.48. The van der Waals surface area contributed by atoms with Gasteiger partial charge in [0, 0.05) is 12.1 Å². The van der Waals surface area contributed by atoms with Gasteiger partial charge in [0.05, 0.1) is 25.4 Å². The van der Waals surface area contributed by atoms with Gasteiger partial charge in [0.1, 0.15) is 17.2 Å². The molecule has 0 aliphatic carbocycles. The van der Waals surface area contributed by atoms with E-state index in [0.717, 1.165) is 5.56 Å². The van der Waals surface area contributed by atoms with Crippen LogP contribution >= 0.6 is 0 Å². The van der Waals surface area contributed by atoms with Crippen LogP contribution in [0.2, 0.25) is 0 Å². The number of carbonyl (C=O) groups excluding carboxylic acids is 1. The largest absolute Gasteiger partial charge is 0.496 e. The standard InChI is InChI=1S/C17H14O4/c1-19-12-9-14(20-2)16-13(17(18)21-15(16)10-12)8-11-6-4-3-5-7-11/h3-10H,1-2H3/b13-8+. The van der Waals surface area contributed by atoms with Gasteiger partial charge in [-0.25, -0.2) is 4.79 Å². The summed E-state index contributed by atoms with van der Waals surface area (Å²) in [6.45, 7) is 0. The zero-order valence-corrected chi connectivity index (χ0v) is 11.8. The van der Waals surface area contributed by atoms with Crippen molar-refractivity contribution >= 4 is 17.6 Å². The van der Waals surface area contributed by atoms with Crippen molar-refractivity contribution in [1.29, 1.82) is 0 Å². The molecule has 0 bridgehead atoms. The van der Waals surface area contributed by atoms with Crippen LogP contribution < -0.4 is 14.2 Å². The molecule has 0 saturated heterocycles. The summed E-state index contributed by atoms with van der Waals surface area (Å²) in [6.07, 6.45) is 1.79. The van der Waals surface area contributed by atoms with Crippen LogP contribution in [0.1, 0.15) is 11.1 Å². The summed E-state index contributed by atoms with van der Waals surface area (Å²) in [5.74, 6) is 1.20. The first kappa shape index (κ1) is 13.2. The molecular formula is C17H14O4. The van der Waals surface area contributed by atoms with Crippen molar-refractivity contribution in [3.63, 3.8) is 0 Å². The molecule has 0 saturated carbocycles. The van der Waals surface area contributed by atoms with Gasteiger partial charge < -0.3 is 14.2 Å². The van der Waals surface area contributed by atoms with E-state index in [1.165, 1.54) is 0 Å². The van der Waals surface area contributed by atoms with Crippen molar-refractivity contribution in [2.45, 2.75) is 0 Å². The lowest BCUT2D eigenvalue weighted by Crippen LogP contribution is -2.00. The lowest BCUT2D eigenvalue weighted by Gasteiger charge is -2.08. The molecule has 1 aliphatic rings. The highest BCUT2D eigenvalue weighted by molar-refractivity contribution is 6.26. The molecule has 3 rings (SSSR count). The Kier molecular flexibility index (Phi) is 3.36. The fraction of sp³-hybridized carbons (Fsp3) is 0.118.